The van der Waals surface area contributed by atoms with Crippen LogP contribution in [0, 0.1) is 5.92 Å². The minimum absolute atomic E-state index is 0.0574. The molecule has 0 bridgehead atoms. The molecule has 6 nitrogen and oxygen atoms in total. The number of rotatable bonds is 12. The Morgan fingerprint density at radius 2 is 2.10 bits per heavy atom. The van der Waals surface area contributed by atoms with E-state index in [1.165, 1.54) is 17.9 Å². The molecule has 0 spiro atoms. The van der Waals surface area contributed by atoms with Gasteiger partial charge in [0, 0.05) is 19.1 Å². The Labute approximate surface area is 126 Å². The lowest BCUT2D eigenvalue weighted by molar-refractivity contribution is -0.112. The quantitative estimate of drug-likeness (QED) is 0.326. The number of nitrogens with two attached hydrogens (primary N) is 1. The molecule has 0 aliphatic carbocycles. The fourth-order valence-electron chi connectivity index (χ4n) is 1.79. The molecule has 21 heavy (non-hydrogen) atoms. The molecule has 122 valence electrons. The van der Waals surface area contributed by atoms with Gasteiger partial charge >= 0.3 is 6.03 Å². The third kappa shape index (κ3) is 11.0. The molecule has 0 aromatic heterocycles. The standard InChI is InChI=1S/C15H28N2O4/c1-3-4-5-8-14(10-18)11-21-12-17(15(16)20)9-6-7-13(2)19/h6-7,14,18H,3-5,8-12H2,1-2H3,(H2,16,20)/b7-6-/t14-/m0/s1. The second kappa shape index (κ2) is 12.3. The Bertz CT molecular complexity index is 332. The van der Waals surface area contributed by atoms with E-state index < -0.39 is 6.03 Å². The third-order valence-electron chi connectivity index (χ3n) is 3.06. The molecule has 1 atom stereocenters. The topological polar surface area (TPSA) is 92.9 Å². The molecule has 6 heteroatoms. The number of hydrogen-bond acceptors (Lipinski definition) is 4. The highest BCUT2D eigenvalue weighted by Gasteiger charge is 2.11. The summed E-state index contributed by atoms with van der Waals surface area (Å²) in [5.74, 6) is -0.00403. The molecule has 0 saturated heterocycles. The Balaban J connectivity index is 4.05. The molecule has 0 rings (SSSR count). The summed E-state index contributed by atoms with van der Waals surface area (Å²) in [6.07, 6.45) is 7.20. The number of hydrogen-bond donors (Lipinski definition) is 2. The molecule has 0 aliphatic rings. The molecule has 0 saturated carbocycles. The van der Waals surface area contributed by atoms with Crippen LogP contribution in [0.4, 0.5) is 4.79 Å². The van der Waals surface area contributed by atoms with Gasteiger partial charge in [0.1, 0.15) is 6.73 Å². The average molecular weight is 300 g/mol. The van der Waals surface area contributed by atoms with Crippen LogP contribution >= 0.6 is 0 Å². The lowest BCUT2D eigenvalue weighted by atomic mass is 10.0. The summed E-state index contributed by atoms with van der Waals surface area (Å²) in [7, 11) is 0. The van der Waals surface area contributed by atoms with E-state index in [1.807, 2.05) is 0 Å². The number of urea groups is 1. The van der Waals surface area contributed by atoms with Crippen LogP contribution in [0.25, 0.3) is 0 Å². The third-order valence-corrected chi connectivity index (χ3v) is 3.06. The number of ketones is 1. The largest absolute Gasteiger partial charge is 0.396 e. The van der Waals surface area contributed by atoms with Crippen molar-refractivity contribution in [3.05, 3.63) is 12.2 Å². The first-order valence-corrected chi connectivity index (χ1v) is 7.41. The highest BCUT2D eigenvalue weighted by molar-refractivity contribution is 5.87. The lowest BCUT2D eigenvalue weighted by Crippen LogP contribution is -2.38. The number of allylic oxidation sites excluding steroid dienone is 1. The van der Waals surface area contributed by atoms with E-state index in [9.17, 15) is 14.7 Å². The number of carbonyl (C=O) groups is 2. The van der Waals surface area contributed by atoms with Crippen LogP contribution in [-0.2, 0) is 9.53 Å². The van der Waals surface area contributed by atoms with Crippen molar-refractivity contribution in [3.63, 3.8) is 0 Å². The van der Waals surface area contributed by atoms with Crippen molar-refractivity contribution in [1.29, 1.82) is 0 Å². The molecule has 0 radical (unpaired) electrons. The summed E-state index contributed by atoms with van der Waals surface area (Å²) < 4.78 is 5.44. The van der Waals surface area contributed by atoms with Gasteiger partial charge in [-0.1, -0.05) is 32.3 Å². The predicted octanol–water partition coefficient (Wildman–Crippen LogP) is 1.68. The molecule has 0 aromatic carbocycles. The first-order valence-electron chi connectivity index (χ1n) is 7.41. The van der Waals surface area contributed by atoms with Crippen LogP contribution in [0.15, 0.2) is 12.2 Å². The van der Waals surface area contributed by atoms with E-state index in [1.54, 1.807) is 6.08 Å². The van der Waals surface area contributed by atoms with Crippen molar-refractivity contribution in [2.75, 3.05) is 26.5 Å². The number of ether oxygens (including phenoxy) is 1. The van der Waals surface area contributed by atoms with Gasteiger partial charge in [0.25, 0.3) is 0 Å². The zero-order chi connectivity index (χ0) is 16.1. The Morgan fingerprint density at radius 3 is 2.62 bits per heavy atom. The molecular weight excluding hydrogens is 272 g/mol. The Kier molecular flexibility index (Phi) is 11.5. The van der Waals surface area contributed by atoms with Crippen LogP contribution in [0.1, 0.15) is 39.5 Å². The Morgan fingerprint density at radius 1 is 1.38 bits per heavy atom. The molecular formula is C15H28N2O4. The molecule has 0 aromatic rings. The van der Waals surface area contributed by atoms with E-state index in [0.29, 0.717) is 6.61 Å². The fraction of sp³-hybridized carbons (Fsp3) is 0.733. The zero-order valence-electron chi connectivity index (χ0n) is 13.1. The van der Waals surface area contributed by atoms with E-state index >= 15 is 0 Å². The normalized spacial score (nSPS) is 12.5. The molecule has 0 heterocycles. The first-order chi connectivity index (χ1) is 10.0. The van der Waals surface area contributed by atoms with Crippen molar-refractivity contribution < 1.29 is 19.4 Å². The fourth-order valence-corrected chi connectivity index (χ4v) is 1.79. The monoisotopic (exact) mass is 300 g/mol. The van der Waals surface area contributed by atoms with E-state index in [0.717, 1.165) is 25.7 Å². The van der Waals surface area contributed by atoms with E-state index in [4.69, 9.17) is 10.5 Å². The molecule has 0 aliphatic heterocycles. The summed E-state index contributed by atoms with van der Waals surface area (Å²) in [5, 5.41) is 9.27. The van der Waals surface area contributed by atoms with Crippen LogP contribution in [0.3, 0.4) is 0 Å². The van der Waals surface area contributed by atoms with Gasteiger partial charge in [-0.05, 0) is 19.4 Å². The molecule has 0 unspecified atom stereocenters. The Hall–Kier alpha value is -1.40. The number of aliphatic hydroxyl groups is 1. The maximum absolute atomic E-state index is 11.2. The number of unbranched alkanes of at least 4 members (excludes halogenated alkanes) is 2. The highest BCUT2D eigenvalue weighted by atomic mass is 16.5. The molecule has 0 fully saturated rings. The minimum Gasteiger partial charge on any atom is -0.396 e. The summed E-state index contributed by atoms with van der Waals surface area (Å²) in [5.41, 5.74) is 5.24. The van der Waals surface area contributed by atoms with Gasteiger partial charge in [-0.3, -0.25) is 9.69 Å². The maximum Gasteiger partial charge on any atom is 0.316 e. The highest BCUT2D eigenvalue weighted by Crippen LogP contribution is 2.10. The number of nitrogens with zero attached hydrogens (tertiary/aromatic N) is 1. The SMILES string of the molecule is CCCCC[C@@H](CO)COCN(C/C=C\C(C)=O)C(N)=O. The number of primary amides is 1. The van der Waals surface area contributed by atoms with Gasteiger partial charge in [-0.15, -0.1) is 0 Å². The van der Waals surface area contributed by atoms with E-state index in [-0.39, 0.29) is 31.6 Å². The van der Waals surface area contributed by atoms with Crippen molar-refractivity contribution in [1.82, 2.24) is 4.90 Å². The van der Waals surface area contributed by atoms with Gasteiger partial charge < -0.3 is 15.6 Å². The van der Waals surface area contributed by atoms with E-state index in [2.05, 4.69) is 6.92 Å². The lowest BCUT2D eigenvalue weighted by Gasteiger charge is -2.20. The molecule has 3 N–H and O–H groups in total. The average Bonchev–Trinajstić information content (AvgIpc) is 2.43. The van der Waals surface area contributed by atoms with Crippen LogP contribution in [0.5, 0.6) is 0 Å². The van der Waals surface area contributed by atoms with Gasteiger partial charge in [0.2, 0.25) is 0 Å². The van der Waals surface area contributed by atoms with Gasteiger partial charge in [0.05, 0.1) is 6.61 Å². The van der Waals surface area contributed by atoms with Crippen LogP contribution in [0.2, 0.25) is 0 Å². The summed E-state index contributed by atoms with van der Waals surface area (Å²) in [4.78, 5) is 23.3. The first kappa shape index (κ1) is 19.6. The zero-order valence-corrected chi connectivity index (χ0v) is 13.1. The number of aliphatic hydroxyl groups excluding tert-OH is 1. The van der Waals surface area contributed by atoms with Crippen LogP contribution < -0.4 is 5.73 Å². The van der Waals surface area contributed by atoms with Crippen molar-refractivity contribution in [2.24, 2.45) is 11.7 Å². The van der Waals surface area contributed by atoms with Gasteiger partial charge in [-0.25, -0.2) is 4.79 Å². The maximum atomic E-state index is 11.2. The van der Waals surface area contributed by atoms with Gasteiger partial charge in [0.15, 0.2) is 5.78 Å². The van der Waals surface area contributed by atoms with Crippen molar-refractivity contribution >= 4 is 11.8 Å². The molecule has 2 amide bonds. The predicted molar refractivity (Wildman–Crippen MR) is 81.6 cm³/mol. The van der Waals surface area contributed by atoms with Crippen molar-refractivity contribution in [2.45, 2.75) is 39.5 Å². The van der Waals surface area contributed by atoms with Crippen molar-refractivity contribution in [3.8, 4) is 0 Å². The summed E-state index contributed by atoms with van der Waals surface area (Å²) in [6.45, 7) is 4.31. The minimum atomic E-state index is -0.602. The summed E-state index contributed by atoms with van der Waals surface area (Å²) >= 11 is 0. The number of amides is 2. The second-order valence-corrected chi connectivity index (χ2v) is 5.12. The summed E-state index contributed by atoms with van der Waals surface area (Å²) in [6, 6.07) is -0.602. The smallest absolute Gasteiger partial charge is 0.316 e. The van der Waals surface area contributed by atoms with Gasteiger partial charge in [-0.2, -0.15) is 0 Å². The second-order valence-electron chi connectivity index (χ2n) is 5.12. The van der Waals surface area contributed by atoms with Crippen LogP contribution in [-0.4, -0.2) is 48.3 Å². The number of carbonyl (C=O) groups excluding carboxylic acids is 2.